The van der Waals surface area contributed by atoms with Gasteiger partial charge in [-0.3, -0.25) is 4.90 Å². The standard InChI is InChI=1S/C15H18F4N2.ClH/c16-13-2-1-12(15(17,18)19)7-11(13)8-21-6-4-14(10-21)3-5-20-9-14;/h1-2,7,20H,3-6,8-10H2;1H. The van der Waals surface area contributed by atoms with Gasteiger partial charge in [-0.15, -0.1) is 12.4 Å². The summed E-state index contributed by atoms with van der Waals surface area (Å²) in [6.07, 6.45) is -2.31. The van der Waals surface area contributed by atoms with E-state index in [1.807, 2.05) is 0 Å². The van der Waals surface area contributed by atoms with Crippen LogP contribution in [0.15, 0.2) is 18.2 Å². The molecule has 1 aromatic rings. The first-order valence-corrected chi connectivity index (χ1v) is 7.17. The summed E-state index contributed by atoms with van der Waals surface area (Å²) < 4.78 is 51.9. The number of halogens is 5. The number of nitrogens with zero attached hydrogens (tertiary/aromatic N) is 1. The van der Waals surface area contributed by atoms with Crippen LogP contribution in [0.5, 0.6) is 0 Å². The van der Waals surface area contributed by atoms with Crippen molar-refractivity contribution in [2.75, 3.05) is 26.2 Å². The maximum absolute atomic E-state index is 13.8. The first-order chi connectivity index (χ1) is 9.88. The fraction of sp³-hybridized carbons (Fsp3) is 0.600. The molecule has 2 aliphatic heterocycles. The van der Waals surface area contributed by atoms with Crippen LogP contribution in [-0.2, 0) is 12.7 Å². The van der Waals surface area contributed by atoms with E-state index in [0.717, 1.165) is 57.2 Å². The summed E-state index contributed by atoms with van der Waals surface area (Å²) in [5.41, 5.74) is -0.416. The highest BCUT2D eigenvalue weighted by molar-refractivity contribution is 5.85. The monoisotopic (exact) mass is 338 g/mol. The Hall–Kier alpha value is -0.850. The lowest BCUT2D eigenvalue weighted by molar-refractivity contribution is -0.137. The van der Waals surface area contributed by atoms with E-state index >= 15 is 0 Å². The highest BCUT2D eigenvalue weighted by Gasteiger charge is 2.40. The number of likely N-dealkylation sites (tertiary alicyclic amines) is 1. The van der Waals surface area contributed by atoms with E-state index in [0.29, 0.717) is 0 Å². The molecule has 0 aliphatic carbocycles. The van der Waals surface area contributed by atoms with Crippen molar-refractivity contribution in [1.29, 1.82) is 0 Å². The molecule has 0 bridgehead atoms. The average Bonchev–Trinajstić information content (AvgIpc) is 3.02. The van der Waals surface area contributed by atoms with Gasteiger partial charge in [0.25, 0.3) is 0 Å². The lowest BCUT2D eigenvalue weighted by atomic mass is 9.86. The van der Waals surface area contributed by atoms with Gasteiger partial charge in [0, 0.05) is 25.2 Å². The second kappa shape index (κ2) is 6.34. The summed E-state index contributed by atoms with van der Waals surface area (Å²) in [6.45, 7) is 3.84. The number of hydrogen-bond donors (Lipinski definition) is 1. The van der Waals surface area contributed by atoms with Crippen LogP contribution in [-0.4, -0.2) is 31.1 Å². The molecule has 2 aliphatic rings. The van der Waals surface area contributed by atoms with Crippen LogP contribution >= 0.6 is 12.4 Å². The van der Waals surface area contributed by atoms with Crippen molar-refractivity contribution in [2.24, 2.45) is 5.41 Å². The molecular weight excluding hydrogens is 320 g/mol. The molecule has 1 unspecified atom stereocenters. The van der Waals surface area contributed by atoms with Gasteiger partial charge in [0.05, 0.1) is 5.56 Å². The van der Waals surface area contributed by atoms with Gasteiger partial charge in [-0.1, -0.05) is 0 Å². The summed E-state index contributed by atoms with van der Waals surface area (Å²) in [7, 11) is 0. The lowest BCUT2D eigenvalue weighted by Gasteiger charge is -2.23. The van der Waals surface area contributed by atoms with Crippen molar-refractivity contribution in [3.05, 3.63) is 35.1 Å². The van der Waals surface area contributed by atoms with Crippen LogP contribution in [0.1, 0.15) is 24.0 Å². The van der Waals surface area contributed by atoms with E-state index in [2.05, 4.69) is 10.2 Å². The zero-order chi connectivity index (χ0) is 15.1. The van der Waals surface area contributed by atoms with Gasteiger partial charge < -0.3 is 5.32 Å². The predicted octanol–water partition coefficient (Wildman–Crippen LogP) is 3.45. The average molecular weight is 339 g/mol. The molecule has 1 spiro atoms. The van der Waals surface area contributed by atoms with Crippen molar-refractivity contribution in [3.8, 4) is 0 Å². The normalized spacial score (nSPS) is 25.6. The van der Waals surface area contributed by atoms with Crippen LogP contribution in [0.2, 0.25) is 0 Å². The summed E-state index contributed by atoms with van der Waals surface area (Å²) in [4.78, 5) is 2.06. The number of benzene rings is 1. The first kappa shape index (κ1) is 17.5. The molecule has 0 aromatic heterocycles. The zero-order valence-electron chi connectivity index (χ0n) is 12.0. The van der Waals surface area contributed by atoms with Gasteiger partial charge in [0.2, 0.25) is 0 Å². The minimum atomic E-state index is -4.43. The maximum atomic E-state index is 13.8. The van der Waals surface area contributed by atoms with E-state index in [1.54, 1.807) is 0 Å². The number of rotatable bonds is 2. The summed E-state index contributed by atoms with van der Waals surface area (Å²) in [5, 5.41) is 3.33. The Labute approximate surface area is 133 Å². The second-order valence-corrected chi connectivity index (χ2v) is 6.19. The first-order valence-electron chi connectivity index (χ1n) is 7.17. The lowest BCUT2D eigenvalue weighted by Crippen LogP contribution is -2.29. The Morgan fingerprint density at radius 3 is 2.64 bits per heavy atom. The Morgan fingerprint density at radius 2 is 2.00 bits per heavy atom. The van der Waals surface area contributed by atoms with Crippen molar-refractivity contribution in [2.45, 2.75) is 25.6 Å². The third-order valence-electron chi connectivity index (χ3n) is 4.62. The Bertz CT molecular complexity index is 527. The molecule has 22 heavy (non-hydrogen) atoms. The quantitative estimate of drug-likeness (QED) is 0.831. The van der Waals surface area contributed by atoms with Gasteiger partial charge >= 0.3 is 6.18 Å². The largest absolute Gasteiger partial charge is 0.416 e. The SMILES string of the molecule is Cl.Fc1ccc(C(F)(F)F)cc1CN1CCC2(CCNC2)C1. The molecule has 2 saturated heterocycles. The molecule has 1 aromatic carbocycles. The maximum Gasteiger partial charge on any atom is 0.416 e. The predicted molar refractivity (Wildman–Crippen MR) is 78.5 cm³/mol. The summed E-state index contributed by atoms with van der Waals surface area (Å²) >= 11 is 0. The molecule has 1 N–H and O–H groups in total. The molecule has 2 heterocycles. The van der Waals surface area contributed by atoms with E-state index in [-0.39, 0.29) is 29.9 Å². The third-order valence-corrected chi connectivity index (χ3v) is 4.62. The van der Waals surface area contributed by atoms with Crippen LogP contribution in [0.4, 0.5) is 17.6 Å². The van der Waals surface area contributed by atoms with Gasteiger partial charge in [-0.2, -0.15) is 13.2 Å². The van der Waals surface area contributed by atoms with Gasteiger partial charge in [0.15, 0.2) is 0 Å². The van der Waals surface area contributed by atoms with Crippen LogP contribution in [0.25, 0.3) is 0 Å². The molecule has 0 saturated carbocycles. The van der Waals surface area contributed by atoms with E-state index < -0.39 is 17.6 Å². The number of alkyl halides is 3. The third kappa shape index (κ3) is 3.55. The molecule has 0 amide bonds. The van der Waals surface area contributed by atoms with Crippen LogP contribution in [0.3, 0.4) is 0 Å². The van der Waals surface area contributed by atoms with Crippen molar-refractivity contribution in [1.82, 2.24) is 10.2 Å². The fourth-order valence-electron chi connectivity index (χ4n) is 3.42. The van der Waals surface area contributed by atoms with E-state index in [4.69, 9.17) is 0 Å². The Balaban J connectivity index is 0.00000176. The van der Waals surface area contributed by atoms with Crippen molar-refractivity contribution < 1.29 is 17.6 Å². The molecule has 124 valence electrons. The van der Waals surface area contributed by atoms with Crippen molar-refractivity contribution in [3.63, 3.8) is 0 Å². The minimum Gasteiger partial charge on any atom is -0.316 e. The molecule has 2 nitrogen and oxygen atoms in total. The molecule has 2 fully saturated rings. The van der Waals surface area contributed by atoms with Crippen LogP contribution < -0.4 is 5.32 Å². The topological polar surface area (TPSA) is 15.3 Å². The molecule has 7 heteroatoms. The highest BCUT2D eigenvalue weighted by atomic mass is 35.5. The molecule has 0 radical (unpaired) electrons. The van der Waals surface area contributed by atoms with Gasteiger partial charge in [-0.05, 0) is 49.5 Å². The number of nitrogens with one attached hydrogen (secondary N) is 1. The highest BCUT2D eigenvalue weighted by Crippen LogP contribution is 2.37. The second-order valence-electron chi connectivity index (χ2n) is 6.19. The number of hydrogen-bond acceptors (Lipinski definition) is 2. The Kier molecular flexibility index (Phi) is 5.04. The summed E-state index contributed by atoms with van der Waals surface area (Å²) in [5.74, 6) is -0.562. The zero-order valence-corrected chi connectivity index (χ0v) is 12.9. The summed E-state index contributed by atoms with van der Waals surface area (Å²) in [6, 6.07) is 2.65. The fourth-order valence-corrected chi connectivity index (χ4v) is 3.42. The van der Waals surface area contributed by atoms with Crippen LogP contribution in [0, 0.1) is 11.2 Å². The smallest absolute Gasteiger partial charge is 0.316 e. The minimum absolute atomic E-state index is 0. The molecule has 1 atom stereocenters. The molecule has 3 rings (SSSR count). The van der Waals surface area contributed by atoms with Gasteiger partial charge in [-0.25, -0.2) is 4.39 Å². The Morgan fingerprint density at radius 1 is 1.23 bits per heavy atom. The van der Waals surface area contributed by atoms with E-state index in [1.165, 1.54) is 0 Å². The van der Waals surface area contributed by atoms with Gasteiger partial charge in [0.1, 0.15) is 5.82 Å². The van der Waals surface area contributed by atoms with Crippen molar-refractivity contribution >= 4 is 12.4 Å². The van der Waals surface area contributed by atoms with E-state index in [9.17, 15) is 17.6 Å². The molecular formula is C15H19ClF4N2.